The zero-order chi connectivity index (χ0) is 17.0. The molecule has 2 rings (SSSR count). The Morgan fingerprint density at radius 1 is 1.30 bits per heavy atom. The molecule has 0 aliphatic carbocycles. The molecule has 1 aliphatic heterocycles. The Morgan fingerprint density at radius 3 is 2.52 bits per heavy atom. The number of piperazine rings is 1. The van der Waals surface area contributed by atoms with E-state index in [2.05, 4.69) is 11.9 Å². The first kappa shape index (κ1) is 17.9. The molecule has 7 heteroatoms. The van der Waals surface area contributed by atoms with Crippen molar-refractivity contribution in [3.63, 3.8) is 0 Å². The van der Waals surface area contributed by atoms with Gasteiger partial charge in [-0.05, 0) is 37.7 Å². The minimum absolute atomic E-state index is 0.393. The third-order valence-electron chi connectivity index (χ3n) is 3.87. The Balaban J connectivity index is 2.06. The molecule has 1 fully saturated rings. The molecule has 0 bridgehead atoms. The maximum atomic E-state index is 12.8. The normalized spacial score (nSPS) is 16.2. The highest BCUT2D eigenvalue weighted by Crippen LogP contribution is 2.22. The van der Waals surface area contributed by atoms with Crippen LogP contribution in [0.4, 0.5) is 0 Å². The van der Waals surface area contributed by atoms with Gasteiger partial charge in [0, 0.05) is 32.7 Å². The van der Waals surface area contributed by atoms with Crippen LogP contribution in [0.3, 0.4) is 0 Å². The van der Waals surface area contributed by atoms with E-state index in [1.165, 1.54) is 4.31 Å². The van der Waals surface area contributed by atoms with Crippen LogP contribution in [0.2, 0.25) is 0 Å². The summed E-state index contributed by atoms with van der Waals surface area (Å²) in [7, 11) is -3.45. The number of aryl methyl sites for hydroxylation is 2. The third kappa shape index (κ3) is 4.10. The van der Waals surface area contributed by atoms with Crippen LogP contribution in [-0.2, 0) is 10.0 Å². The zero-order valence-corrected chi connectivity index (χ0v) is 15.2. The van der Waals surface area contributed by atoms with Gasteiger partial charge < -0.3 is 10.2 Å². The lowest BCUT2D eigenvalue weighted by Crippen LogP contribution is -2.53. The minimum atomic E-state index is -3.45. The number of sulfonamides is 1. The quantitative estimate of drug-likeness (QED) is 0.659. The predicted molar refractivity (Wildman–Crippen MR) is 97.0 cm³/mol. The van der Waals surface area contributed by atoms with E-state index in [0.717, 1.165) is 11.1 Å². The number of thiocarbonyl (C=S) groups is 1. The van der Waals surface area contributed by atoms with Gasteiger partial charge in [0.2, 0.25) is 10.0 Å². The van der Waals surface area contributed by atoms with Crippen LogP contribution in [0.5, 0.6) is 0 Å². The Hall–Kier alpha value is -1.44. The highest BCUT2D eigenvalue weighted by atomic mass is 32.2. The first-order valence-electron chi connectivity index (χ1n) is 7.57. The lowest BCUT2D eigenvalue weighted by atomic mass is 10.2. The summed E-state index contributed by atoms with van der Waals surface area (Å²) in [6.45, 7) is 10.1. The van der Waals surface area contributed by atoms with E-state index in [9.17, 15) is 8.42 Å². The molecule has 5 nitrogen and oxygen atoms in total. The Bertz CT molecular complexity index is 693. The molecule has 126 valence electrons. The predicted octanol–water partition coefficient (Wildman–Crippen LogP) is 1.67. The third-order valence-corrected chi connectivity index (χ3v) is 6.33. The van der Waals surface area contributed by atoms with Gasteiger partial charge in [0.05, 0.1) is 4.90 Å². The van der Waals surface area contributed by atoms with Crippen LogP contribution in [0.1, 0.15) is 11.1 Å². The number of nitrogens with zero attached hydrogens (tertiary/aromatic N) is 2. The molecule has 1 aromatic rings. The van der Waals surface area contributed by atoms with Crippen molar-refractivity contribution >= 4 is 27.4 Å². The standard InChI is InChI=1S/C16H23N3O2S2/c1-4-7-17-16(22)18-8-10-19(11-9-18)23(20,21)15-6-5-13(2)12-14(15)3/h4-6,12H,1,7-11H2,2-3H3,(H,17,22). The van der Waals surface area contributed by atoms with E-state index in [1.807, 2.05) is 30.9 Å². The fourth-order valence-electron chi connectivity index (χ4n) is 2.63. The maximum absolute atomic E-state index is 12.8. The van der Waals surface area contributed by atoms with Crippen LogP contribution < -0.4 is 5.32 Å². The molecule has 0 unspecified atom stereocenters. The van der Waals surface area contributed by atoms with Crippen molar-refractivity contribution in [3.05, 3.63) is 42.0 Å². The summed E-state index contributed by atoms with van der Waals surface area (Å²) < 4.78 is 27.2. The summed E-state index contributed by atoms with van der Waals surface area (Å²) in [6.07, 6.45) is 1.74. The number of hydrogen-bond acceptors (Lipinski definition) is 3. The molecule has 0 atom stereocenters. The van der Waals surface area contributed by atoms with Gasteiger partial charge in [0.25, 0.3) is 0 Å². The summed E-state index contributed by atoms with van der Waals surface area (Å²) in [5.74, 6) is 0. The van der Waals surface area contributed by atoms with Gasteiger partial charge in [-0.1, -0.05) is 23.8 Å². The van der Waals surface area contributed by atoms with Crippen LogP contribution >= 0.6 is 12.2 Å². The topological polar surface area (TPSA) is 52.6 Å². The summed E-state index contributed by atoms with van der Waals surface area (Å²) in [6, 6.07) is 5.44. The molecule has 0 aromatic heterocycles. The fourth-order valence-corrected chi connectivity index (χ4v) is 4.52. The second-order valence-corrected chi connectivity index (χ2v) is 7.93. The summed E-state index contributed by atoms with van der Waals surface area (Å²) in [5, 5.41) is 3.72. The van der Waals surface area contributed by atoms with Crippen LogP contribution in [0.25, 0.3) is 0 Å². The minimum Gasteiger partial charge on any atom is -0.359 e. The molecule has 1 aliphatic rings. The molecule has 0 spiro atoms. The fraction of sp³-hybridized carbons (Fsp3) is 0.438. The average molecular weight is 354 g/mol. The average Bonchev–Trinajstić information content (AvgIpc) is 2.52. The molecular weight excluding hydrogens is 330 g/mol. The van der Waals surface area contributed by atoms with Crippen molar-refractivity contribution in [2.45, 2.75) is 18.7 Å². The maximum Gasteiger partial charge on any atom is 0.243 e. The monoisotopic (exact) mass is 353 g/mol. The van der Waals surface area contributed by atoms with Gasteiger partial charge >= 0.3 is 0 Å². The van der Waals surface area contributed by atoms with Crippen LogP contribution in [0, 0.1) is 13.8 Å². The molecule has 1 N–H and O–H groups in total. The second-order valence-electron chi connectivity index (χ2n) is 5.63. The molecule has 1 heterocycles. The van der Waals surface area contributed by atoms with E-state index >= 15 is 0 Å². The van der Waals surface area contributed by atoms with Gasteiger partial charge in [-0.25, -0.2) is 8.42 Å². The Labute approximate surface area is 144 Å². The number of hydrogen-bond donors (Lipinski definition) is 1. The summed E-state index contributed by atoms with van der Waals surface area (Å²) in [5.41, 5.74) is 1.85. The summed E-state index contributed by atoms with van der Waals surface area (Å²) in [4.78, 5) is 2.39. The molecule has 1 aromatic carbocycles. The van der Waals surface area contributed by atoms with Crippen LogP contribution in [-0.4, -0.2) is 55.5 Å². The molecule has 0 saturated carbocycles. The molecule has 1 saturated heterocycles. The Morgan fingerprint density at radius 2 is 1.96 bits per heavy atom. The van der Waals surface area contributed by atoms with Crippen molar-refractivity contribution in [1.82, 2.24) is 14.5 Å². The number of rotatable bonds is 4. The number of benzene rings is 1. The van der Waals surface area contributed by atoms with Gasteiger partial charge in [0.15, 0.2) is 5.11 Å². The molecule has 23 heavy (non-hydrogen) atoms. The Kier molecular flexibility index (Phi) is 5.78. The lowest BCUT2D eigenvalue weighted by Gasteiger charge is -2.35. The second kappa shape index (κ2) is 7.42. The molecule has 0 radical (unpaired) electrons. The zero-order valence-electron chi connectivity index (χ0n) is 13.6. The van der Waals surface area contributed by atoms with Crippen molar-refractivity contribution in [1.29, 1.82) is 0 Å². The summed E-state index contributed by atoms with van der Waals surface area (Å²) >= 11 is 5.30. The van der Waals surface area contributed by atoms with Crippen LogP contribution in [0.15, 0.2) is 35.7 Å². The van der Waals surface area contributed by atoms with Gasteiger partial charge in [-0.15, -0.1) is 6.58 Å². The van der Waals surface area contributed by atoms with Crippen molar-refractivity contribution in [3.8, 4) is 0 Å². The van der Waals surface area contributed by atoms with E-state index in [-0.39, 0.29) is 0 Å². The smallest absolute Gasteiger partial charge is 0.243 e. The molecular formula is C16H23N3O2S2. The van der Waals surface area contributed by atoms with Crippen molar-refractivity contribution < 1.29 is 8.42 Å². The van der Waals surface area contributed by atoms with Gasteiger partial charge in [0.1, 0.15) is 0 Å². The molecule has 0 amide bonds. The van der Waals surface area contributed by atoms with Crippen molar-refractivity contribution in [2.24, 2.45) is 0 Å². The van der Waals surface area contributed by atoms with Crippen molar-refractivity contribution in [2.75, 3.05) is 32.7 Å². The van der Waals surface area contributed by atoms with E-state index < -0.39 is 10.0 Å². The first-order chi connectivity index (χ1) is 10.9. The largest absolute Gasteiger partial charge is 0.359 e. The highest BCUT2D eigenvalue weighted by molar-refractivity contribution is 7.89. The SMILES string of the molecule is C=CCNC(=S)N1CCN(S(=O)(=O)c2ccc(C)cc2C)CC1. The first-order valence-corrected chi connectivity index (χ1v) is 9.42. The lowest BCUT2D eigenvalue weighted by molar-refractivity contribution is 0.264. The van der Waals surface area contributed by atoms with E-state index in [1.54, 1.807) is 12.1 Å². The van der Waals surface area contributed by atoms with E-state index in [0.29, 0.717) is 42.7 Å². The van der Waals surface area contributed by atoms with Gasteiger partial charge in [-0.3, -0.25) is 0 Å². The van der Waals surface area contributed by atoms with Gasteiger partial charge in [-0.2, -0.15) is 4.31 Å². The van der Waals surface area contributed by atoms with E-state index in [4.69, 9.17) is 12.2 Å². The number of nitrogens with one attached hydrogen (secondary N) is 1. The highest BCUT2D eigenvalue weighted by Gasteiger charge is 2.30.